The van der Waals surface area contributed by atoms with Crippen LogP contribution in [-0.2, 0) is 0 Å². The molecule has 0 aliphatic heterocycles. The number of aryl methyl sites for hydroxylation is 1. The summed E-state index contributed by atoms with van der Waals surface area (Å²) in [6, 6.07) is 12.1. The van der Waals surface area contributed by atoms with Gasteiger partial charge in [0.2, 0.25) is 0 Å². The molecule has 0 saturated heterocycles. The Hall–Kier alpha value is -2.36. The van der Waals surface area contributed by atoms with Crippen molar-refractivity contribution in [2.45, 2.75) is 6.92 Å². The molecule has 0 aromatic heterocycles. The fraction of sp³-hybridized carbons (Fsp3) is 0.188. The zero-order valence-corrected chi connectivity index (χ0v) is 11.8. The van der Waals surface area contributed by atoms with E-state index in [0.717, 1.165) is 11.3 Å². The standard InChI is InChI=1S/C16H17FN2O/c1-11-6-4-7-12(10-11)19(3)16(20)13-8-5-9-14(17)15(13)18-2/h4-10,18H,1-3H3. The topological polar surface area (TPSA) is 32.3 Å². The Morgan fingerprint density at radius 2 is 1.90 bits per heavy atom. The molecular formula is C16H17FN2O. The van der Waals surface area contributed by atoms with Crippen LogP contribution < -0.4 is 10.2 Å². The zero-order chi connectivity index (χ0) is 14.7. The minimum atomic E-state index is -0.434. The third kappa shape index (κ3) is 2.64. The maximum absolute atomic E-state index is 13.7. The quantitative estimate of drug-likeness (QED) is 0.928. The molecule has 0 atom stereocenters. The highest BCUT2D eigenvalue weighted by molar-refractivity contribution is 6.09. The summed E-state index contributed by atoms with van der Waals surface area (Å²) in [4.78, 5) is 14.0. The number of para-hydroxylation sites is 1. The predicted octanol–water partition coefficient (Wildman–Crippen LogP) is 3.45. The van der Waals surface area contributed by atoms with Crippen LogP contribution >= 0.6 is 0 Å². The summed E-state index contributed by atoms with van der Waals surface area (Å²) in [5.41, 5.74) is 2.38. The van der Waals surface area contributed by atoms with Crippen LogP contribution in [-0.4, -0.2) is 20.0 Å². The van der Waals surface area contributed by atoms with Crippen LogP contribution in [0.5, 0.6) is 0 Å². The normalized spacial score (nSPS) is 10.2. The van der Waals surface area contributed by atoms with Gasteiger partial charge in [0, 0.05) is 19.8 Å². The molecule has 0 fully saturated rings. The molecule has 3 nitrogen and oxygen atoms in total. The molecule has 1 N–H and O–H groups in total. The summed E-state index contributed by atoms with van der Waals surface area (Å²) >= 11 is 0. The van der Waals surface area contributed by atoms with Crippen molar-refractivity contribution in [3.05, 3.63) is 59.4 Å². The van der Waals surface area contributed by atoms with Gasteiger partial charge < -0.3 is 10.2 Å². The lowest BCUT2D eigenvalue weighted by atomic mass is 10.1. The average molecular weight is 272 g/mol. The molecule has 2 aromatic rings. The molecular weight excluding hydrogens is 255 g/mol. The summed E-state index contributed by atoms with van der Waals surface area (Å²) in [6.45, 7) is 1.96. The van der Waals surface area contributed by atoms with Gasteiger partial charge in [-0.1, -0.05) is 18.2 Å². The van der Waals surface area contributed by atoms with Crippen LogP contribution in [0.1, 0.15) is 15.9 Å². The molecule has 0 saturated carbocycles. The molecule has 0 aliphatic rings. The largest absolute Gasteiger partial charge is 0.385 e. The number of anilines is 2. The van der Waals surface area contributed by atoms with Gasteiger partial charge in [0.05, 0.1) is 11.3 Å². The molecule has 0 aliphatic carbocycles. The van der Waals surface area contributed by atoms with Crippen molar-refractivity contribution in [1.29, 1.82) is 0 Å². The van der Waals surface area contributed by atoms with Crippen molar-refractivity contribution >= 4 is 17.3 Å². The van der Waals surface area contributed by atoms with Crippen molar-refractivity contribution in [2.24, 2.45) is 0 Å². The van der Waals surface area contributed by atoms with Crippen molar-refractivity contribution in [3.63, 3.8) is 0 Å². The minimum Gasteiger partial charge on any atom is -0.385 e. The number of nitrogens with one attached hydrogen (secondary N) is 1. The van der Waals surface area contributed by atoms with Crippen LogP contribution in [0, 0.1) is 12.7 Å². The van der Waals surface area contributed by atoms with Gasteiger partial charge in [-0.3, -0.25) is 4.79 Å². The highest BCUT2D eigenvalue weighted by atomic mass is 19.1. The Morgan fingerprint density at radius 3 is 2.55 bits per heavy atom. The SMILES string of the molecule is CNc1c(F)cccc1C(=O)N(C)c1cccc(C)c1. The lowest BCUT2D eigenvalue weighted by molar-refractivity contribution is 0.0993. The Kier molecular flexibility index (Phi) is 4.03. The monoisotopic (exact) mass is 272 g/mol. The van der Waals surface area contributed by atoms with Crippen LogP contribution in [0.4, 0.5) is 15.8 Å². The second kappa shape index (κ2) is 5.74. The van der Waals surface area contributed by atoms with Crippen LogP contribution in [0.25, 0.3) is 0 Å². The van der Waals surface area contributed by atoms with Gasteiger partial charge >= 0.3 is 0 Å². The zero-order valence-electron chi connectivity index (χ0n) is 11.8. The smallest absolute Gasteiger partial charge is 0.260 e. The van der Waals surface area contributed by atoms with E-state index in [2.05, 4.69) is 5.32 Å². The van der Waals surface area contributed by atoms with Crippen molar-refractivity contribution in [3.8, 4) is 0 Å². The second-order valence-electron chi connectivity index (χ2n) is 4.62. The van der Waals surface area contributed by atoms with Crippen LogP contribution in [0.2, 0.25) is 0 Å². The highest BCUT2D eigenvalue weighted by Gasteiger charge is 2.18. The van der Waals surface area contributed by atoms with E-state index in [1.54, 1.807) is 20.2 Å². The molecule has 0 radical (unpaired) electrons. The molecule has 0 heterocycles. The molecule has 2 rings (SSSR count). The first-order chi connectivity index (χ1) is 9.54. The van der Waals surface area contributed by atoms with E-state index >= 15 is 0 Å². The Morgan fingerprint density at radius 1 is 1.20 bits per heavy atom. The first-order valence-corrected chi connectivity index (χ1v) is 6.35. The lowest BCUT2D eigenvalue weighted by Gasteiger charge is -2.19. The number of carbonyl (C=O) groups is 1. The van der Waals surface area contributed by atoms with Crippen LogP contribution in [0.15, 0.2) is 42.5 Å². The highest BCUT2D eigenvalue weighted by Crippen LogP contribution is 2.23. The van der Waals surface area contributed by atoms with E-state index in [9.17, 15) is 9.18 Å². The van der Waals surface area contributed by atoms with Gasteiger partial charge in [0.15, 0.2) is 0 Å². The number of benzene rings is 2. The summed E-state index contributed by atoms with van der Waals surface area (Å²) in [5, 5.41) is 2.74. The molecule has 104 valence electrons. The van der Waals surface area contributed by atoms with Gasteiger partial charge in [0.25, 0.3) is 5.91 Å². The average Bonchev–Trinajstić information content (AvgIpc) is 2.45. The van der Waals surface area contributed by atoms with E-state index < -0.39 is 5.82 Å². The van der Waals surface area contributed by atoms with E-state index in [0.29, 0.717) is 5.56 Å². The predicted molar refractivity (Wildman–Crippen MR) is 79.9 cm³/mol. The molecule has 1 amide bonds. The summed E-state index contributed by atoms with van der Waals surface area (Å²) < 4.78 is 13.7. The molecule has 0 bridgehead atoms. The Labute approximate surface area is 118 Å². The van der Waals surface area contributed by atoms with Crippen molar-refractivity contribution in [2.75, 3.05) is 24.3 Å². The van der Waals surface area contributed by atoms with E-state index in [4.69, 9.17) is 0 Å². The number of rotatable bonds is 3. The Balaban J connectivity index is 2.39. The second-order valence-corrected chi connectivity index (χ2v) is 4.62. The summed E-state index contributed by atoms with van der Waals surface area (Å²) in [5.74, 6) is -0.685. The fourth-order valence-corrected chi connectivity index (χ4v) is 2.09. The third-order valence-corrected chi connectivity index (χ3v) is 3.19. The van der Waals surface area contributed by atoms with Gasteiger partial charge in [-0.25, -0.2) is 4.39 Å². The van der Waals surface area contributed by atoms with Crippen LogP contribution in [0.3, 0.4) is 0 Å². The first kappa shape index (κ1) is 14.1. The molecule has 20 heavy (non-hydrogen) atoms. The molecule has 2 aromatic carbocycles. The van der Waals surface area contributed by atoms with E-state index in [1.807, 2.05) is 31.2 Å². The summed E-state index contributed by atoms with van der Waals surface area (Å²) in [6.07, 6.45) is 0. The van der Waals surface area contributed by atoms with Gasteiger partial charge in [-0.05, 0) is 36.8 Å². The first-order valence-electron chi connectivity index (χ1n) is 6.35. The number of nitrogens with zero attached hydrogens (tertiary/aromatic N) is 1. The van der Waals surface area contributed by atoms with E-state index in [-0.39, 0.29) is 11.6 Å². The minimum absolute atomic E-state index is 0.219. The number of halogens is 1. The molecule has 4 heteroatoms. The Bertz CT molecular complexity index is 640. The van der Waals surface area contributed by atoms with Gasteiger partial charge in [-0.15, -0.1) is 0 Å². The molecule has 0 unspecified atom stereocenters. The maximum atomic E-state index is 13.7. The summed E-state index contributed by atoms with van der Waals surface area (Å²) in [7, 11) is 3.28. The number of amides is 1. The number of hydrogen-bond acceptors (Lipinski definition) is 2. The fourth-order valence-electron chi connectivity index (χ4n) is 2.09. The lowest BCUT2D eigenvalue weighted by Crippen LogP contribution is -2.27. The van der Waals surface area contributed by atoms with Gasteiger partial charge in [-0.2, -0.15) is 0 Å². The number of carbonyl (C=O) groups excluding carboxylic acids is 1. The van der Waals surface area contributed by atoms with Crippen molar-refractivity contribution < 1.29 is 9.18 Å². The van der Waals surface area contributed by atoms with Crippen molar-refractivity contribution in [1.82, 2.24) is 0 Å². The maximum Gasteiger partial charge on any atom is 0.260 e. The number of hydrogen-bond donors (Lipinski definition) is 1. The van der Waals surface area contributed by atoms with E-state index in [1.165, 1.54) is 17.0 Å². The van der Waals surface area contributed by atoms with Gasteiger partial charge in [0.1, 0.15) is 5.82 Å². The molecule has 0 spiro atoms. The third-order valence-electron chi connectivity index (χ3n) is 3.19.